The molecule has 18 heavy (non-hydrogen) atoms. The molecule has 0 amide bonds. The first-order valence-corrected chi connectivity index (χ1v) is 7.14. The predicted molar refractivity (Wildman–Crippen MR) is 81.0 cm³/mol. The largest absolute Gasteiger partial charge is 0.119 e. The average molecular weight is 254 g/mol. The Morgan fingerprint density at radius 2 is 1.56 bits per heavy atom. The number of hydrogen-bond donors (Lipinski definition) is 0. The molecule has 0 saturated carbocycles. The Hall–Kier alpha value is -1.47. The molecule has 0 aliphatic rings. The number of aryl methyl sites for hydroxylation is 1. The summed E-state index contributed by atoms with van der Waals surface area (Å²) >= 11 is 1.89. The molecule has 1 heteroatoms. The van der Waals surface area contributed by atoms with Gasteiger partial charge < -0.3 is 0 Å². The van der Waals surface area contributed by atoms with Gasteiger partial charge in [-0.2, -0.15) is 0 Å². The summed E-state index contributed by atoms with van der Waals surface area (Å²) in [6.07, 6.45) is 4.30. The van der Waals surface area contributed by atoms with E-state index < -0.39 is 0 Å². The SMILES string of the molecule is C=CC(CCc1ccccc1)Sc1ccccc1. The van der Waals surface area contributed by atoms with Crippen molar-refractivity contribution in [2.24, 2.45) is 0 Å². The zero-order chi connectivity index (χ0) is 12.6. The van der Waals surface area contributed by atoms with Crippen LogP contribution in [0.15, 0.2) is 78.2 Å². The summed E-state index contributed by atoms with van der Waals surface area (Å²) in [4.78, 5) is 1.32. The Morgan fingerprint density at radius 3 is 2.17 bits per heavy atom. The summed E-state index contributed by atoms with van der Waals surface area (Å²) in [6.45, 7) is 3.95. The molecule has 0 N–H and O–H groups in total. The van der Waals surface area contributed by atoms with Crippen LogP contribution in [-0.2, 0) is 6.42 Å². The van der Waals surface area contributed by atoms with Crippen molar-refractivity contribution >= 4 is 11.8 Å². The molecule has 0 aromatic heterocycles. The third kappa shape index (κ3) is 4.08. The first kappa shape index (κ1) is 13.0. The zero-order valence-electron chi connectivity index (χ0n) is 10.5. The van der Waals surface area contributed by atoms with E-state index in [1.165, 1.54) is 10.5 Å². The van der Waals surface area contributed by atoms with Gasteiger partial charge in [0, 0.05) is 10.1 Å². The third-order valence-corrected chi connectivity index (χ3v) is 4.13. The molecular formula is C17H18S. The lowest BCUT2D eigenvalue weighted by atomic mass is 10.1. The minimum atomic E-state index is 0.479. The van der Waals surface area contributed by atoms with Crippen molar-refractivity contribution in [2.75, 3.05) is 0 Å². The van der Waals surface area contributed by atoms with E-state index in [0.717, 1.165) is 12.8 Å². The van der Waals surface area contributed by atoms with Gasteiger partial charge in [-0.05, 0) is 30.5 Å². The van der Waals surface area contributed by atoms with Crippen LogP contribution in [0.4, 0.5) is 0 Å². The van der Waals surface area contributed by atoms with E-state index in [9.17, 15) is 0 Å². The Labute approximate surface area is 114 Å². The summed E-state index contributed by atoms with van der Waals surface area (Å²) in [5, 5.41) is 0.479. The highest BCUT2D eigenvalue weighted by Gasteiger charge is 2.06. The lowest BCUT2D eigenvalue weighted by Gasteiger charge is -2.12. The van der Waals surface area contributed by atoms with Crippen LogP contribution in [0.3, 0.4) is 0 Å². The second kappa shape index (κ2) is 7.07. The summed E-state index contributed by atoms with van der Waals surface area (Å²) in [5.74, 6) is 0. The van der Waals surface area contributed by atoms with E-state index in [1.54, 1.807) is 0 Å². The summed E-state index contributed by atoms with van der Waals surface area (Å²) in [7, 11) is 0. The van der Waals surface area contributed by atoms with Gasteiger partial charge in [0.2, 0.25) is 0 Å². The second-order valence-corrected chi connectivity index (χ2v) is 5.54. The molecule has 2 aromatic carbocycles. The van der Waals surface area contributed by atoms with Crippen molar-refractivity contribution in [1.82, 2.24) is 0 Å². The highest BCUT2D eigenvalue weighted by Crippen LogP contribution is 2.26. The van der Waals surface area contributed by atoms with Gasteiger partial charge in [0.15, 0.2) is 0 Å². The fourth-order valence-electron chi connectivity index (χ4n) is 1.85. The molecule has 0 nitrogen and oxygen atoms in total. The number of thioether (sulfide) groups is 1. The van der Waals surface area contributed by atoms with Gasteiger partial charge in [-0.15, -0.1) is 18.3 Å². The fraction of sp³-hybridized carbons (Fsp3) is 0.176. The van der Waals surface area contributed by atoms with E-state index in [0.29, 0.717) is 5.25 Å². The van der Waals surface area contributed by atoms with Crippen molar-refractivity contribution in [1.29, 1.82) is 0 Å². The molecule has 92 valence electrons. The number of rotatable bonds is 6. The maximum Gasteiger partial charge on any atom is 0.0275 e. The highest BCUT2D eigenvalue weighted by molar-refractivity contribution is 8.00. The van der Waals surface area contributed by atoms with E-state index in [-0.39, 0.29) is 0 Å². The lowest BCUT2D eigenvalue weighted by molar-refractivity contribution is 0.857. The molecule has 0 bridgehead atoms. The zero-order valence-corrected chi connectivity index (χ0v) is 11.3. The van der Waals surface area contributed by atoms with Gasteiger partial charge in [-0.1, -0.05) is 54.6 Å². The fourth-order valence-corrected chi connectivity index (χ4v) is 2.85. The second-order valence-electron chi connectivity index (χ2n) is 4.23. The molecule has 0 aliphatic carbocycles. The van der Waals surface area contributed by atoms with Crippen molar-refractivity contribution < 1.29 is 0 Å². The van der Waals surface area contributed by atoms with Gasteiger partial charge in [0.05, 0.1) is 0 Å². The molecule has 0 radical (unpaired) electrons. The van der Waals surface area contributed by atoms with Crippen molar-refractivity contribution in [3.8, 4) is 0 Å². The Bertz CT molecular complexity index is 461. The van der Waals surface area contributed by atoms with Crippen LogP contribution < -0.4 is 0 Å². The van der Waals surface area contributed by atoms with Crippen LogP contribution in [-0.4, -0.2) is 5.25 Å². The van der Waals surface area contributed by atoms with E-state index >= 15 is 0 Å². The first-order valence-electron chi connectivity index (χ1n) is 6.26. The minimum Gasteiger partial charge on any atom is -0.119 e. The molecule has 0 spiro atoms. The molecular weight excluding hydrogens is 236 g/mol. The number of benzene rings is 2. The minimum absolute atomic E-state index is 0.479. The summed E-state index contributed by atoms with van der Waals surface area (Å²) in [5.41, 5.74) is 1.40. The molecule has 0 aliphatic heterocycles. The molecule has 1 atom stereocenters. The molecule has 1 unspecified atom stereocenters. The van der Waals surface area contributed by atoms with Crippen LogP contribution in [0.5, 0.6) is 0 Å². The molecule has 0 heterocycles. The molecule has 2 aromatic rings. The lowest BCUT2D eigenvalue weighted by Crippen LogP contribution is -2.00. The van der Waals surface area contributed by atoms with Crippen LogP contribution in [0.1, 0.15) is 12.0 Å². The average Bonchev–Trinajstić information content (AvgIpc) is 2.45. The maximum absolute atomic E-state index is 3.95. The van der Waals surface area contributed by atoms with E-state index in [4.69, 9.17) is 0 Å². The monoisotopic (exact) mass is 254 g/mol. The van der Waals surface area contributed by atoms with E-state index in [1.807, 2.05) is 11.8 Å². The van der Waals surface area contributed by atoms with Gasteiger partial charge in [-0.25, -0.2) is 0 Å². The highest BCUT2D eigenvalue weighted by atomic mass is 32.2. The van der Waals surface area contributed by atoms with Crippen LogP contribution in [0.2, 0.25) is 0 Å². The summed E-state index contributed by atoms with van der Waals surface area (Å²) < 4.78 is 0. The standard InChI is InChI=1S/C17H18S/c1-2-16(18-17-11-7-4-8-12-17)14-13-15-9-5-3-6-10-15/h2-12,16H,1,13-14H2. The Balaban J connectivity index is 1.88. The Morgan fingerprint density at radius 1 is 0.944 bits per heavy atom. The Kier molecular flexibility index (Phi) is 5.10. The number of hydrogen-bond acceptors (Lipinski definition) is 1. The smallest absolute Gasteiger partial charge is 0.0275 e. The first-order chi connectivity index (χ1) is 8.88. The van der Waals surface area contributed by atoms with Gasteiger partial charge in [0.25, 0.3) is 0 Å². The van der Waals surface area contributed by atoms with Gasteiger partial charge >= 0.3 is 0 Å². The normalized spacial score (nSPS) is 12.0. The van der Waals surface area contributed by atoms with E-state index in [2.05, 4.69) is 73.3 Å². The maximum atomic E-state index is 3.95. The molecule has 0 fully saturated rings. The van der Waals surface area contributed by atoms with Crippen LogP contribution in [0, 0.1) is 0 Å². The van der Waals surface area contributed by atoms with Crippen molar-refractivity contribution in [3.05, 3.63) is 78.9 Å². The van der Waals surface area contributed by atoms with Crippen LogP contribution >= 0.6 is 11.8 Å². The van der Waals surface area contributed by atoms with Crippen molar-refractivity contribution in [3.63, 3.8) is 0 Å². The van der Waals surface area contributed by atoms with Crippen molar-refractivity contribution in [2.45, 2.75) is 23.0 Å². The molecule has 0 saturated heterocycles. The molecule has 2 rings (SSSR count). The summed E-state index contributed by atoms with van der Waals surface area (Å²) in [6, 6.07) is 21.2. The van der Waals surface area contributed by atoms with Crippen LogP contribution in [0.25, 0.3) is 0 Å². The topological polar surface area (TPSA) is 0 Å². The third-order valence-electron chi connectivity index (χ3n) is 2.85. The quantitative estimate of drug-likeness (QED) is 0.518. The van der Waals surface area contributed by atoms with Gasteiger partial charge in [0.1, 0.15) is 0 Å². The predicted octanol–water partition coefficient (Wildman–Crippen LogP) is 4.97. The van der Waals surface area contributed by atoms with Gasteiger partial charge in [-0.3, -0.25) is 0 Å².